The summed E-state index contributed by atoms with van der Waals surface area (Å²) in [5.41, 5.74) is 6.03. The Balaban J connectivity index is 1.45. The molecule has 6 heteroatoms. The zero-order valence-corrected chi connectivity index (χ0v) is 17.8. The third kappa shape index (κ3) is 3.12. The van der Waals surface area contributed by atoms with E-state index in [0.717, 1.165) is 70.9 Å². The second kappa shape index (κ2) is 7.60. The Hall–Kier alpha value is -3.45. The number of aliphatic imine (C=N–C) groups is 2. The smallest absolute Gasteiger partial charge is 0.264 e. The monoisotopic (exact) mass is 421 g/mol. The molecule has 6 nitrogen and oxygen atoms in total. The SMILES string of the molecule is N[N+]12C=CN=CC1=C(C1CCNCC1)N=C2c1ccc2ccc(-c3ccccc3)nc2c1. The van der Waals surface area contributed by atoms with Gasteiger partial charge in [-0.2, -0.15) is 10.8 Å². The van der Waals surface area contributed by atoms with E-state index < -0.39 is 0 Å². The van der Waals surface area contributed by atoms with Crippen LogP contribution < -0.4 is 11.2 Å². The zero-order valence-electron chi connectivity index (χ0n) is 17.8. The minimum absolute atomic E-state index is 0.0621. The Kier molecular flexibility index (Phi) is 4.57. The lowest BCUT2D eigenvalue weighted by atomic mass is 9.93. The van der Waals surface area contributed by atoms with Crippen LogP contribution >= 0.6 is 0 Å². The summed E-state index contributed by atoms with van der Waals surface area (Å²) >= 11 is 0. The maximum Gasteiger partial charge on any atom is 0.264 e. The summed E-state index contributed by atoms with van der Waals surface area (Å²) in [4.78, 5) is 14.4. The maximum atomic E-state index is 6.94. The summed E-state index contributed by atoms with van der Waals surface area (Å²) < 4.78 is 0.0621. The van der Waals surface area contributed by atoms with Crippen molar-refractivity contribution in [2.45, 2.75) is 12.8 Å². The summed E-state index contributed by atoms with van der Waals surface area (Å²) in [6, 6.07) is 20.7. The van der Waals surface area contributed by atoms with Crippen LogP contribution in [0.5, 0.6) is 0 Å². The standard InChI is InChI=1S/C26H25N6/c27-32-15-14-29-17-24(32)25(20-10-12-28-13-11-20)31-26(32)21-7-6-19-8-9-22(30-23(19)16-21)18-4-2-1-3-5-18/h1-9,14-17,20,28H,10-13,27H2/q+1. The number of hydrogen-bond donors (Lipinski definition) is 2. The summed E-state index contributed by atoms with van der Waals surface area (Å²) in [6.45, 7) is 2.01. The molecule has 32 heavy (non-hydrogen) atoms. The van der Waals surface area contributed by atoms with E-state index in [-0.39, 0.29) is 4.59 Å². The number of nitrogens with two attached hydrogens (primary N) is 1. The van der Waals surface area contributed by atoms with Crippen LogP contribution in [0.2, 0.25) is 0 Å². The molecule has 1 fully saturated rings. The minimum Gasteiger partial charge on any atom is -0.317 e. The molecule has 6 rings (SSSR count). The predicted molar refractivity (Wildman–Crippen MR) is 128 cm³/mol. The van der Waals surface area contributed by atoms with Crippen LogP contribution in [0.25, 0.3) is 22.2 Å². The van der Waals surface area contributed by atoms with E-state index in [1.54, 1.807) is 6.20 Å². The largest absolute Gasteiger partial charge is 0.317 e. The van der Waals surface area contributed by atoms with Crippen LogP contribution in [0.4, 0.5) is 0 Å². The zero-order chi connectivity index (χ0) is 21.5. The summed E-state index contributed by atoms with van der Waals surface area (Å²) in [6.07, 6.45) is 7.68. The van der Waals surface area contributed by atoms with Gasteiger partial charge < -0.3 is 5.32 Å². The number of allylic oxidation sites excluding steroid dienone is 2. The van der Waals surface area contributed by atoms with Crippen molar-refractivity contribution >= 4 is 23.0 Å². The topological polar surface area (TPSA) is 75.7 Å². The molecule has 0 bridgehead atoms. The highest BCUT2D eigenvalue weighted by atomic mass is 15.6. The Bertz CT molecular complexity index is 1310. The molecular weight excluding hydrogens is 396 g/mol. The number of quaternary nitrogens is 1. The summed E-state index contributed by atoms with van der Waals surface area (Å²) in [5, 5.41) is 4.53. The van der Waals surface area contributed by atoms with E-state index in [2.05, 4.69) is 52.8 Å². The van der Waals surface area contributed by atoms with Gasteiger partial charge in [-0.05, 0) is 44.1 Å². The van der Waals surface area contributed by atoms with Crippen molar-refractivity contribution in [1.29, 1.82) is 0 Å². The maximum absolute atomic E-state index is 6.94. The van der Waals surface area contributed by atoms with E-state index in [9.17, 15) is 0 Å². The van der Waals surface area contributed by atoms with Gasteiger partial charge in [0.2, 0.25) is 5.70 Å². The second-order valence-electron chi connectivity index (χ2n) is 8.55. The third-order valence-corrected chi connectivity index (χ3v) is 6.57. The van der Waals surface area contributed by atoms with Crippen LogP contribution in [-0.2, 0) is 0 Å². The fraction of sp³-hybridized carbons (Fsp3) is 0.192. The van der Waals surface area contributed by atoms with Crippen LogP contribution in [-0.4, -0.2) is 34.7 Å². The Labute approximate surface area is 187 Å². The van der Waals surface area contributed by atoms with Gasteiger partial charge in [0.05, 0.1) is 29.2 Å². The number of nitrogens with zero attached hydrogens (tertiary/aromatic N) is 4. The molecule has 0 aliphatic carbocycles. The van der Waals surface area contributed by atoms with Gasteiger partial charge in [0.25, 0.3) is 5.84 Å². The van der Waals surface area contributed by atoms with Gasteiger partial charge in [0.1, 0.15) is 11.9 Å². The number of amidine groups is 1. The molecule has 1 unspecified atom stereocenters. The lowest BCUT2D eigenvalue weighted by Crippen LogP contribution is -2.53. The average molecular weight is 422 g/mol. The predicted octanol–water partition coefficient (Wildman–Crippen LogP) is 4.12. The van der Waals surface area contributed by atoms with Crippen LogP contribution in [0.15, 0.2) is 94.4 Å². The molecule has 0 radical (unpaired) electrons. The van der Waals surface area contributed by atoms with Crippen LogP contribution in [0.1, 0.15) is 18.4 Å². The van der Waals surface area contributed by atoms with E-state index in [0.29, 0.717) is 5.92 Å². The van der Waals surface area contributed by atoms with E-state index in [1.165, 1.54) is 0 Å². The van der Waals surface area contributed by atoms with Gasteiger partial charge in [0.15, 0.2) is 0 Å². The van der Waals surface area contributed by atoms with Gasteiger partial charge in [-0.3, -0.25) is 4.99 Å². The van der Waals surface area contributed by atoms with Crippen molar-refractivity contribution in [1.82, 2.24) is 10.3 Å². The number of fused-ring (bicyclic) bond motifs is 2. The lowest BCUT2D eigenvalue weighted by molar-refractivity contribution is -0.750. The molecule has 2 aromatic carbocycles. The van der Waals surface area contributed by atoms with Crippen molar-refractivity contribution in [2.24, 2.45) is 21.7 Å². The first-order chi connectivity index (χ1) is 15.7. The van der Waals surface area contributed by atoms with Crippen LogP contribution in [0.3, 0.4) is 0 Å². The Morgan fingerprint density at radius 2 is 1.75 bits per heavy atom. The molecule has 1 saturated heterocycles. The van der Waals surface area contributed by atoms with Crippen molar-refractivity contribution in [2.75, 3.05) is 13.1 Å². The molecule has 0 saturated carbocycles. The van der Waals surface area contributed by atoms with E-state index in [1.807, 2.05) is 30.6 Å². The van der Waals surface area contributed by atoms with Crippen molar-refractivity contribution < 1.29 is 4.59 Å². The van der Waals surface area contributed by atoms with Crippen molar-refractivity contribution in [3.63, 3.8) is 0 Å². The highest BCUT2D eigenvalue weighted by Crippen LogP contribution is 2.37. The molecule has 158 valence electrons. The normalized spacial score (nSPS) is 23.0. The van der Waals surface area contributed by atoms with Gasteiger partial charge in [-0.25, -0.2) is 4.98 Å². The number of nitrogens with one attached hydrogen (secondary N) is 1. The highest BCUT2D eigenvalue weighted by Gasteiger charge is 2.45. The molecular formula is C26H25N6+. The Morgan fingerprint density at radius 3 is 2.59 bits per heavy atom. The van der Waals surface area contributed by atoms with Crippen molar-refractivity contribution in [3.05, 3.63) is 90.0 Å². The summed E-state index contributed by atoms with van der Waals surface area (Å²) in [7, 11) is 0. The highest BCUT2D eigenvalue weighted by molar-refractivity contribution is 6.02. The van der Waals surface area contributed by atoms with Gasteiger partial charge >= 0.3 is 0 Å². The molecule has 1 atom stereocenters. The fourth-order valence-corrected chi connectivity index (χ4v) is 4.83. The molecule has 0 amide bonds. The first kappa shape index (κ1) is 19.3. The number of rotatable bonds is 3. The minimum atomic E-state index is 0.0621. The lowest BCUT2D eigenvalue weighted by Gasteiger charge is -2.27. The molecule has 3 N–H and O–H groups in total. The molecule has 0 spiro atoms. The third-order valence-electron chi connectivity index (χ3n) is 6.57. The molecule has 3 aromatic rings. The molecule has 4 heterocycles. The summed E-state index contributed by atoms with van der Waals surface area (Å²) in [5.74, 6) is 8.16. The Morgan fingerprint density at radius 1 is 0.938 bits per heavy atom. The fourth-order valence-electron chi connectivity index (χ4n) is 4.83. The van der Waals surface area contributed by atoms with Crippen LogP contribution in [0, 0.1) is 5.92 Å². The quantitative estimate of drug-likeness (QED) is 0.493. The average Bonchev–Trinajstić information content (AvgIpc) is 3.17. The number of piperidine rings is 1. The molecule has 3 aliphatic rings. The molecule has 1 aromatic heterocycles. The van der Waals surface area contributed by atoms with Crippen molar-refractivity contribution in [3.8, 4) is 11.3 Å². The first-order valence-electron chi connectivity index (χ1n) is 11.1. The van der Waals surface area contributed by atoms with E-state index >= 15 is 0 Å². The number of aromatic nitrogens is 1. The number of pyridine rings is 1. The number of benzene rings is 2. The second-order valence-corrected chi connectivity index (χ2v) is 8.55. The van der Waals surface area contributed by atoms with Gasteiger partial charge in [-0.15, -0.1) is 4.59 Å². The number of hydrogen-bond acceptors (Lipinski definition) is 5. The van der Waals surface area contributed by atoms with E-state index in [4.69, 9.17) is 15.8 Å². The molecule has 3 aliphatic heterocycles. The van der Waals surface area contributed by atoms with Gasteiger partial charge in [-0.1, -0.05) is 42.5 Å². The van der Waals surface area contributed by atoms with Gasteiger partial charge in [0, 0.05) is 16.9 Å². The first-order valence-corrected chi connectivity index (χ1v) is 11.1.